The molecule has 0 amide bonds. The predicted octanol–water partition coefficient (Wildman–Crippen LogP) is 2.33. The van der Waals surface area contributed by atoms with E-state index in [0.29, 0.717) is 28.9 Å². The van der Waals surface area contributed by atoms with Crippen molar-refractivity contribution >= 4 is 5.82 Å². The number of nitrogens with two attached hydrogens (primary N) is 1. The molecular formula is C15H17N3O3. The van der Waals surface area contributed by atoms with E-state index >= 15 is 0 Å². The molecule has 1 aromatic heterocycles. The van der Waals surface area contributed by atoms with Gasteiger partial charge in [-0.3, -0.25) is 0 Å². The molecule has 0 radical (unpaired) electrons. The van der Waals surface area contributed by atoms with Gasteiger partial charge in [-0.2, -0.15) is 0 Å². The van der Waals surface area contributed by atoms with E-state index in [9.17, 15) is 0 Å². The van der Waals surface area contributed by atoms with E-state index in [-0.39, 0.29) is 6.79 Å². The van der Waals surface area contributed by atoms with Gasteiger partial charge in [-0.25, -0.2) is 9.97 Å². The number of anilines is 1. The van der Waals surface area contributed by atoms with E-state index in [1.807, 2.05) is 26.0 Å². The number of ether oxygens (including phenoxy) is 3. The smallest absolute Gasteiger partial charge is 0.231 e. The lowest BCUT2D eigenvalue weighted by Gasteiger charge is -2.11. The number of methoxy groups -OCH3 is 1. The fourth-order valence-corrected chi connectivity index (χ4v) is 2.44. The molecule has 2 aromatic rings. The van der Waals surface area contributed by atoms with Crippen LogP contribution in [-0.2, 0) is 6.42 Å². The molecule has 0 fully saturated rings. The fourth-order valence-electron chi connectivity index (χ4n) is 2.44. The Morgan fingerprint density at radius 2 is 2.10 bits per heavy atom. The molecule has 6 nitrogen and oxygen atoms in total. The van der Waals surface area contributed by atoms with E-state index in [1.165, 1.54) is 0 Å². The van der Waals surface area contributed by atoms with Gasteiger partial charge < -0.3 is 19.9 Å². The molecule has 1 aliphatic rings. The van der Waals surface area contributed by atoms with Gasteiger partial charge >= 0.3 is 0 Å². The zero-order valence-corrected chi connectivity index (χ0v) is 12.3. The molecule has 21 heavy (non-hydrogen) atoms. The molecule has 1 aliphatic heterocycles. The van der Waals surface area contributed by atoms with Gasteiger partial charge in [0.25, 0.3) is 0 Å². The van der Waals surface area contributed by atoms with Crippen LogP contribution >= 0.6 is 0 Å². The second-order valence-electron chi connectivity index (χ2n) is 4.76. The molecule has 0 atom stereocenters. The van der Waals surface area contributed by atoms with Crippen LogP contribution in [0.1, 0.15) is 18.2 Å². The molecule has 0 aliphatic carbocycles. The van der Waals surface area contributed by atoms with Crippen molar-refractivity contribution in [2.24, 2.45) is 0 Å². The minimum absolute atomic E-state index is 0.186. The second-order valence-corrected chi connectivity index (χ2v) is 4.76. The Balaban J connectivity index is 2.13. The maximum absolute atomic E-state index is 6.02. The first kappa shape index (κ1) is 13.5. The Kier molecular flexibility index (Phi) is 3.29. The summed E-state index contributed by atoms with van der Waals surface area (Å²) in [6.07, 6.45) is 0.808. The van der Waals surface area contributed by atoms with Crippen LogP contribution in [0.5, 0.6) is 17.2 Å². The van der Waals surface area contributed by atoms with Gasteiger partial charge in [-0.1, -0.05) is 6.92 Å². The third kappa shape index (κ3) is 2.22. The van der Waals surface area contributed by atoms with Crippen molar-refractivity contribution in [2.75, 3.05) is 19.6 Å². The molecule has 0 bridgehead atoms. The molecule has 0 saturated heterocycles. The lowest BCUT2D eigenvalue weighted by Crippen LogP contribution is -2.04. The quantitative estimate of drug-likeness (QED) is 0.933. The van der Waals surface area contributed by atoms with Gasteiger partial charge in [0.15, 0.2) is 17.3 Å². The average molecular weight is 287 g/mol. The summed E-state index contributed by atoms with van der Waals surface area (Å²) in [5.41, 5.74) is 8.66. The maximum Gasteiger partial charge on any atom is 0.231 e. The number of benzene rings is 1. The Hall–Kier alpha value is -2.50. The highest BCUT2D eigenvalue weighted by Crippen LogP contribution is 2.43. The number of hydrogen-bond acceptors (Lipinski definition) is 6. The van der Waals surface area contributed by atoms with Crippen LogP contribution in [0, 0.1) is 6.92 Å². The number of hydrogen-bond donors (Lipinski definition) is 1. The third-order valence-corrected chi connectivity index (χ3v) is 3.52. The number of nitrogens with zero attached hydrogens (tertiary/aromatic N) is 2. The monoisotopic (exact) mass is 287 g/mol. The van der Waals surface area contributed by atoms with Crippen molar-refractivity contribution in [3.05, 3.63) is 23.4 Å². The summed E-state index contributed by atoms with van der Waals surface area (Å²) in [6, 6.07) is 3.66. The fraction of sp³-hybridized carbons (Fsp3) is 0.333. The SMILES string of the molecule is CCc1c(C)nc(-c2cc(OC)c3c(c2)OCO3)nc1N. The number of rotatable bonds is 3. The van der Waals surface area contributed by atoms with Gasteiger partial charge in [0.05, 0.1) is 7.11 Å². The van der Waals surface area contributed by atoms with E-state index in [2.05, 4.69) is 9.97 Å². The topological polar surface area (TPSA) is 79.5 Å². The molecule has 110 valence electrons. The number of aryl methyl sites for hydroxylation is 1. The van der Waals surface area contributed by atoms with Crippen molar-refractivity contribution in [1.82, 2.24) is 9.97 Å². The number of nitrogen functional groups attached to an aromatic ring is 1. The van der Waals surface area contributed by atoms with E-state index in [0.717, 1.165) is 23.2 Å². The van der Waals surface area contributed by atoms with Gasteiger partial charge in [-0.15, -0.1) is 0 Å². The zero-order chi connectivity index (χ0) is 15.0. The molecule has 3 rings (SSSR count). The van der Waals surface area contributed by atoms with Crippen LogP contribution in [0.2, 0.25) is 0 Å². The second kappa shape index (κ2) is 5.12. The molecule has 2 N–H and O–H groups in total. The van der Waals surface area contributed by atoms with Crippen LogP contribution in [-0.4, -0.2) is 23.9 Å². The maximum atomic E-state index is 6.02. The summed E-state index contributed by atoms with van der Waals surface area (Å²) in [4.78, 5) is 8.92. The lowest BCUT2D eigenvalue weighted by molar-refractivity contribution is 0.171. The van der Waals surface area contributed by atoms with Crippen molar-refractivity contribution in [1.29, 1.82) is 0 Å². The summed E-state index contributed by atoms with van der Waals surface area (Å²) in [7, 11) is 1.59. The Morgan fingerprint density at radius 3 is 2.76 bits per heavy atom. The molecule has 2 heterocycles. The molecular weight excluding hydrogens is 270 g/mol. The number of fused-ring (bicyclic) bond motifs is 1. The van der Waals surface area contributed by atoms with Crippen LogP contribution < -0.4 is 19.9 Å². The van der Waals surface area contributed by atoms with Gasteiger partial charge in [0, 0.05) is 16.8 Å². The van der Waals surface area contributed by atoms with Crippen molar-refractivity contribution in [3.8, 4) is 28.6 Å². The molecule has 0 spiro atoms. The van der Waals surface area contributed by atoms with E-state index < -0.39 is 0 Å². The Labute approximate surface area is 122 Å². The molecule has 6 heteroatoms. The summed E-state index contributed by atoms with van der Waals surface area (Å²) in [5.74, 6) is 2.90. The number of aromatic nitrogens is 2. The van der Waals surface area contributed by atoms with Gasteiger partial charge in [0.2, 0.25) is 12.5 Å². The lowest BCUT2D eigenvalue weighted by atomic mass is 10.1. The van der Waals surface area contributed by atoms with Crippen LogP contribution in [0.3, 0.4) is 0 Å². The first-order valence-electron chi connectivity index (χ1n) is 6.75. The van der Waals surface area contributed by atoms with Crippen molar-refractivity contribution in [3.63, 3.8) is 0 Å². The summed E-state index contributed by atoms with van der Waals surface area (Å²) < 4.78 is 16.1. The highest BCUT2D eigenvalue weighted by Gasteiger charge is 2.22. The summed E-state index contributed by atoms with van der Waals surface area (Å²) in [6.45, 7) is 4.15. The zero-order valence-electron chi connectivity index (χ0n) is 12.3. The average Bonchev–Trinajstić information content (AvgIpc) is 2.94. The van der Waals surface area contributed by atoms with Crippen LogP contribution in [0.4, 0.5) is 5.82 Å². The molecule has 0 saturated carbocycles. The molecule has 0 unspecified atom stereocenters. The Bertz CT molecular complexity index is 678. The molecule has 1 aromatic carbocycles. The summed E-state index contributed by atoms with van der Waals surface area (Å²) >= 11 is 0. The minimum Gasteiger partial charge on any atom is -0.493 e. The predicted molar refractivity (Wildman–Crippen MR) is 78.7 cm³/mol. The highest BCUT2D eigenvalue weighted by molar-refractivity contribution is 5.68. The van der Waals surface area contributed by atoms with Crippen molar-refractivity contribution in [2.45, 2.75) is 20.3 Å². The van der Waals surface area contributed by atoms with Gasteiger partial charge in [-0.05, 0) is 25.5 Å². The van der Waals surface area contributed by atoms with E-state index in [1.54, 1.807) is 7.11 Å². The minimum atomic E-state index is 0.186. The first-order valence-corrected chi connectivity index (χ1v) is 6.75. The Morgan fingerprint density at radius 1 is 1.29 bits per heavy atom. The van der Waals surface area contributed by atoms with Crippen molar-refractivity contribution < 1.29 is 14.2 Å². The van der Waals surface area contributed by atoms with Gasteiger partial charge in [0.1, 0.15) is 5.82 Å². The van der Waals surface area contributed by atoms with Crippen LogP contribution in [0.25, 0.3) is 11.4 Å². The normalized spacial score (nSPS) is 12.5. The standard InChI is InChI=1S/C15H17N3O3/c1-4-10-8(2)17-15(18-14(10)16)9-5-11(19-3)13-12(6-9)20-7-21-13/h5-6H,4,7H2,1-3H3,(H2,16,17,18). The summed E-state index contributed by atoms with van der Waals surface area (Å²) in [5, 5.41) is 0. The first-order chi connectivity index (χ1) is 10.1. The van der Waals surface area contributed by atoms with E-state index in [4.69, 9.17) is 19.9 Å². The largest absolute Gasteiger partial charge is 0.493 e. The highest BCUT2D eigenvalue weighted by atomic mass is 16.7. The van der Waals surface area contributed by atoms with Crippen LogP contribution in [0.15, 0.2) is 12.1 Å². The third-order valence-electron chi connectivity index (χ3n) is 3.52.